The summed E-state index contributed by atoms with van der Waals surface area (Å²) in [5, 5.41) is 16.5. The Bertz CT molecular complexity index is 318. The molecule has 0 aromatic rings. The molecule has 2 fully saturated rings. The maximum absolute atomic E-state index is 9.58. The number of nitrogens with zero attached hydrogens (tertiary/aromatic N) is 1. The van der Waals surface area contributed by atoms with E-state index in [0.717, 1.165) is 50.7 Å². The maximum atomic E-state index is 9.58. The third-order valence-electron chi connectivity index (χ3n) is 5.15. The van der Waals surface area contributed by atoms with E-state index in [1.165, 1.54) is 44.9 Å². The fourth-order valence-corrected chi connectivity index (χ4v) is 3.77. The molecule has 4 heteroatoms. The van der Waals surface area contributed by atoms with Crippen LogP contribution in [-0.4, -0.2) is 36.3 Å². The van der Waals surface area contributed by atoms with Crippen molar-refractivity contribution < 1.29 is 5.11 Å². The highest BCUT2D eigenvalue weighted by molar-refractivity contribution is 5.80. The zero-order valence-corrected chi connectivity index (χ0v) is 14.3. The van der Waals surface area contributed by atoms with Crippen LogP contribution in [0.1, 0.15) is 77.6 Å². The first kappa shape index (κ1) is 17.6. The summed E-state index contributed by atoms with van der Waals surface area (Å²) in [5.74, 6) is 1.97. The second kappa shape index (κ2) is 10.1. The molecule has 22 heavy (non-hydrogen) atoms. The molecule has 0 bridgehead atoms. The van der Waals surface area contributed by atoms with E-state index in [1.807, 2.05) is 0 Å². The van der Waals surface area contributed by atoms with Gasteiger partial charge in [0, 0.05) is 19.1 Å². The minimum absolute atomic E-state index is 0.0897. The molecule has 0 aliphatic heterocycles. The first-order valence-corrected chi connectivity index (χ1v) is 9.51. The van der Waals surface area contributed by atoms with Crippen molar-refractivity contribution in [2.75, 3.05) is 13.1 Å². The Hall–Kier alpha value is -0.770. The van der Waals surface area contributed by atoms with Crippen molar-refractivity contribution >= 4 is 5.96 Å². The van der Waals surface area contributed by atoms with Crippen molar-refractivity contribution in [3.05, 3.63) is 0 Å². The van der Waals surface area contributed by atoms with Gasteiger partial charge in [0.25, 0.3) is 0 Å². The number of guanidine groups is 1. The highest BCUT2D eigenvalue weighted by Crippen LogP contribution is 2.28. The molecule has 0 atom stereocenters. The Balaban J connectivity index is 1.63. The molecule has 0 heterocycles. The highest BCUT2D eigenvalue weighted by atomic mass is 16.3. The second-order valence-electron chi connectivity index (χ2n) is 7.06. The molecule has 2 saturated carbocycles. The average Bonchev–Trinajstić information content (AvgIpc) is 3.02. The number of hydrogen-bond acceptors (Lipinski definition) is 2. The van der Waals surface area contributed by atoms with Gasteiger partial charge in [-0.1, -0.05) is 38.5 Å². The summed E-state index contributed by atoms with van der Waals surface area (Å²) in [4.78, 5) is 4.72. The van der Waals surface area contributed by atoms with Gasteiger partial charge in [0.15, 0.2) is 5.96 Å². The molecule has 0 aromatic carbocycles. The number of unbranched alkanes of at least 4 members (excludes halogenated alkanes) is 1. The van der Waals surface area contributed by atoms with Crippen LogP contribution in [0, 0.1) is 5.92 Å². The van der Waals surface area contributed by atoms with Gasteiger partial charge in [0.2, 0.25) is 0 Å². The van der Waals surface area contributed by atoms with Crippen LogP contribution in [0.15, 0.2) is 4.99 Å². The quantitative estimate of drug-likeness (QED) is 0.384. The van der Waals surface area contributed by atoms with E-state index in [4.69, 9.17) is 4.99 Å². The average molecular weight is 309 g/mol. The lowest BCUT2D eigenvalue weighted by Gasteiger charge is -2.27. The standard InChI is InChI=1S/C18H35N3O/c1-2-19-18(21-16-10-12-17(22)13-11-16)20-14-6-5-9-15-7-3-4-8-15/h15-17,22H,2-14H2,1H3,(H2,19,20,21). The van der Waals surface area contributed by atoms with Crippen LogP contribution in [-0.2, 0) is 0 Å². The van der Waals surface area contributed by atoms with E-state index in [-0.39, 0.29) is 6.10 Å². The third-order valence-corrected chi connectivity index (χ3v) is 5.15. The smallest absolute Gasteiger partial charge is 0.191 e. The van der Waals surface area contributed by atoms with Gasteiger partial charge in [-0.15, -0.1) is 0 Å². The van der Waals surface area contributed by atoms with Gasteiger partial charge in [-0.2, -0.15) is 0 Å². The summed E-state index contributed by atoms with van der Waals surface area (Å²) >= 11 is 0. The van der Waals surface area contributed by atoms with Gasteiger partial charge in [-0.25, -0.2) is 0 Å². The summed E-state index contributed by atoms with van der Waals surface area (Å²) in [6.07, 6.45) is 13.6. The predicted molar refractivity (Wildman–Crippen MR) is 93.2 cm³/mol. The molecule has 0 radical (unpaired) electrons. The molecule has 2 aliphatic carbocycles. The van der Waals surface area contributed by atoms with Crippen LogP contribution in [0.4, 0.5) is 0 Å². The Labute approximate surface area is 136 Å². The van der Waals surface area contributed by atoms with Gasteiger partial charge in [0.05, 0.1) is 6.10 Å². The summed E-state index contributed by atoms with van der Waals surface area (Å²) < 4.78 is 0. The lowest BCUT2D eigenvalue weighted by atomic mass is 9.93. The van der Waals surface area contributed by atoms with E-state index >= 15 is 0 Å². The molecule has 0 saturated heterocycles. The largest absolute Gasteiger partial charge is 0.393 e. The van der Waals surface area contributed by atoms with Gasteiger partial charge in [0.1, 0.15) is 0 Å². The molecule has 0 amide bonds. The fraction of sp³-hybridized carbons (Fsp3) is 0.944. The fourth-order valence-electron chi connectivity index (χ4n) is 3.77. The van der Waals surface area contributed by atoms with Crippen molar-refractivity contribution in [2.45, 2.75) is 89.7 Å². The summed E-state index contributed by atoms with van der Waals surface area (Å²) in [7, 11) is 0. The third kappa shape index (κ3) is 6.55. The minimum atomic E-state index is -0.0897. The molecule has 3 N–H and O–H groups in total. The zero-order valence-electron chi connectivity index (χ0n) is 14.3. The number of rotatable bonds is 7. The summed E-state index contributed by atoms with van der Waals surface area (Å²) in [6.45, 7) is 3.95. The van der Waals surface area contributed by atoms with E-state index in [0.29, 0.717) is 6.04 Å². The maximum Gasteiger partial charge on any atom is 0.191 e. The lowest BCUT2D eigenvalue weighted by molar-refractivity contribution is 0.120. The van der Waals surface area contributed by atoms with Crippen LogP contribution in [0.5, 0.6) is 0 Å². The molecule has 4 nitrogen and oxygen atoms in total. The Kier molecular flexibility index (Phi) is 8.06. The number of aliphatic hydroxyl groups excluding tert-OH is 1. The Morgan fingerprint density at radius 1 is 1.05 bits per heavy atom. The molecule has 2 aliphatic rings. The van der Waals surface area contributed by atoms with E-state index < -0.39 is 0 Å². The van der Waals surface area contributed by atoms with E-state index in [9.17, 15) is 5.11 Å². The summed E-state index contributed by atoms with van der Waals surface area (Å²) in [6, 6.07) is 0.472. The normalized spacial score (nSPS) is 27.1. The Morgan fingerprint density at radius 3 is 2.45 bits per heavy atom. The molecule has 128 valence electrons. The molecule has 2 rings (SSSR count). The topological polar surface area (TPSA) is 56.7 Å². The van der Waals surface area contributed by atoms with Crippen LogP contribution >= 0.6 is 0 Å². The minimum Gasteiger partial charge on any atom is -0.393 e. The van der Waals surface area contributed by atoms with Crippen molar-refractivity contribution in [1.82, 2.24) is 10.6 Å². The lowest BCUT2D eigenvalue weighted by Crippen LogP contribution is -2.45. The SMILES string of the molecule is CCNC(=NCCCCC1CCCC1)NC1CCC(O)CC1. The zero-order chi connectivity index (χ0) is 15.6. The van der Waals surface area contributed by atoms with Gasteiger partial charge < -0.3 is 15.7 Å². The van der Waals surface area contributed by atoms with Gasteiger partial charge in [-0.05, 0) is 44.9 Å². The van der Waals surface area contributed by atoms with Crippen molar-refractivity contribution in [2.24, 2.45) is 10.9 Å². The number of nitrogens with one attached hydrogen (secondary N) is 2. The van der Waals surface area contributed by atoms with Gasteiger partial charge >= 0.3 is 0 Å². The molecular formula is C18H35N3O. The highest BCUT2D eigenvalue weighted by Gasteiger charge is 2.20. The van der Waals surface area contributed by atoms with Crippen LogP contribution in [0.3, 0.4) is 0 Å². The van der Waals surface area contributed by atoms with E-state index in [1.54, 1.807) is 0 Å². The van der Waals surface area contributed by atoms with Crippen LogP contribution in [0.2, 0.25) is 0 Å². The van der Waals surface area contributed by atoms with Crippen molar-refractivity contribution in [1.29, 1.82) is 0 Å². The summed E-state index contributed by atoms with van der Waals surface area (Å²) in [5.41, 5.74) is 0. The van der Waals surface area contributed by atoms with Crippen molar-refractivity contribution in [3.8, 4) is 0 Å². The second-order valence-corrected chi connectivity index (χ2v) is 7.06. The first-order valence-electron chi connectivity index (χ1n) is 9.51. The van der Waals surface area contributed by atoms with Crippen LogP contribution in [0.25, 0.3) is 0 Å². The molecule has 0 aromatic heterocycles. The molecule has 0 spiro atoms. The van der Waals surface area contributed by atoms with Gasteiger partial charge in [-0.3, -0.25) is 4.99 Å². The molecular weight excluding hydrogens is 274 g/mol. The van der Waals surface area contributed by atoms with E-state index in [2.05, 4.69) is 17.6 Å². The predicted octanol–water partition coefficient (Wildman–Crippen LogP) is 3.21. The Morgan fingerprint density at radius 2 is 1.77 bits per heavy atom. The number of aliphatic hydroxyl groups is 1. The first-order chi connectivity index (χ1) is 10.8. The number of aliphatic imine (C=N–C) groups is 1. The molecule has 0 unspecified atom stereocenters. The number of hydrogen-bond donors (Lipinski definition) is 3. The monoisotopic (exact) mass is 309 g/mol. The van der Waals surface area contributed by atoms with Crippen LogP contribution < -0.4 is 10.6 Å². The van der Waals surface area contributed by atoms with Crippen molar-refractivity contribution in [3.63, 3.8) is 0 Å².